The quantitative estimate of drug-likeness (QED) is 0.135. The number of hydrogen-bond donors (Lipinski definition) is 2. The van der Waals surface area contributed by atoms with E-state index in [9.17, 15) is 23.1 Å². The third-order valence-electron chi connectivity index (χ3n) is 4.63. The maximum atomic E-state index is 12.2. The van der Waals surface area contributed by atoms with Gasteiger partial charge in [0.05, 0.1) is 18.6 Å². The highest BCUT2D eigenvalue weighted by molar-refractivity contribution is 7.86. The summed E-state index contributed by atoms with van der Waals surface area (Å²) in [6.45, 7) is 0.678. The van der Waals surface area contributed by atoms with Gasteiger partial charge in [-0.3, -0.25) is 8.98 Å². The predicted octanol–water partition coefficient (Wildman–Crippen LogP) is 1.65. The molecule has 188 valence electrons. The van der Waals surface area contributed by atoms with E-state index in [0.717, 1.165) is 5.56 Å². The fraction of sp³-hybridized carbons (Fsp3) is 0.364. The van der Waals surface area contributed by atoms with E-state index in [1.165, 1.54) is 19.2 Å². The maximum absolute atomic E-state index is 12.2. The Morgan fingerprint density at radius 2 is 1.77 bits per heavy atom. The summed E-state index contributed by atoms with van der Waals surface area (Å²) in [4.78, 5) is 26.2. The van der Waals surface area contributed by atoms with Crippen LogP contribution >= 0.6 is 0 Å². The van der Waals surface area contributed by atoms with Crippen LogP contribution in [0.2, 0.25) is 0 Å². The molecular weight excluding hydrogens is 480 g/mol. The number of aliphatic hydroxyl groups is 1. The van der Waals surface area contributed by atoms with Crippen molar-refractivity contribution in [2.45, 2.75) is 30.4 Å². The van der Waals surface area contributed by atoms with E-state index < -0.39 is 47.3 Å². The van der Waals surface area contributed by atoms with Crippen molar-refractivity contribution in [2.24, 2.45) is 5.11 Å². The van der Waals surface area contributed by atoms with Gasteiger partial charge in [-0.2, -0.15) is 8.42 Å². The highest BCUT2D eigenvalue weighted by atomic mass is 32.2. The molecule has 2 rings (SSSR count). The first kappa shape index (κ1) is 27.6. The molecule has 0 saturated heterocycles. The molecule has 2 aromatic carbocycles. The Labute approximate surface area is 202 Å². The molecule has 0 aliphatic heterocycles. The van der Waals surface area contributed by atoms with E-state index in [0.29, 0.717) is 11.3 Å². The van der Waals surface area contributed by atoms with Crippen LogP contribution in [-0.4, -0.2) is 64.4 Å². The van der Waals surface area contributed by atoms with Gasteiger partial charge < -0.3 is 19.9 Å². The van der Waals surface area contributed by atoms with Crippen molar-refractivity contribution in [2.75, 3.05) is 26.9 Å². The van der Waals surface area contributed by atoms with E-state index in [2.05, 4.69) is 15.3 Å². The highest BCUT2D eigenvalue weighted by Gasteiger charge is 2.22. The zero-order chi connectivity index (χ0) is 25.8. The molecule has 13 heteroatoms. The van der Waals surface area contributed by atoms with Crippen molar-refractivity contribution in [3.63, 3.8) is 0 Å². The summed E-state index contributed by atoms with van der Waals surface area (Å²) >= 11 is 0. The second-order valence-corrected chi connectivity index (χ2v) is 9.01. The lowest BCUT2D eigenvalue weighted by molar-refractivity contribution is -0.144. The molecule has 35 heavy (non-hydrogen) atoms. The molecule has 2 N–H and O–H groups in total. The molecular formula is C22H26N4O8S. The van der Waals surface area contributed by atoms with Crippen molar-refractivity contribution < 1.29 is 36.8 Å². The zero-order valence-electron chi connectivity index (χ0n) is 19.2. The SMILES string of the molecule is COC(=O)[C@H](Cc1ccc(OC[C@@H](O)COS(=O)(=O)c2ccc(C)cc2)cc1)NC(=O)CN=[N+]=[N-]. The van der Waals surface area contributed by atoms with Crippen LogP contribution < -0.4 is 10.1 Å². The Kier molecular flexibility index (Phi) is 10.5. The van der Waals surface area contributed by atoms with Gasteiger partial charge in [-0.15, -0.1) is 0 Å². The summed E-state index contributed by atoms with van der Waals surface area (Å²) in [6, 6.07) is 11.6. The second-order valence-electron chi connectivity index (χ2n) is 7.40. The standard InChI is InChI=1S/C22H26N4O8S/c1-15-3-9-19(10-4-15)35(30,31)34-14-17(27)13-33-18-7-5-16(6-8-18)11-20(22(29)32-2)25-21(28)12-24-26-23/h3-10,17,20,27H,11-14H2,1-2H3,(H,25,28)/t17-,20+/m1/s1. The monoisotopic (exact) mass is 506 g/mol. The molecule has 0 fully saturated rings. The Morgan fingerprint density at radius 3 is 2.37 bits per heavy atom. The van der Waals surface area contributed by atoms with Crippen molar-refractivity contribution in [1.82, 2.24) is 5.32 Å². The molecule has 0 bridgehead atoms. The molecule has 0 aromatic heterocycles. The topological polar surface area (TPSA) is 177 Å². The van der Waals surface area contributed by atoms with Crippen LogP contribution in [0.25, 0.3) is 10.4 Å². The number of ether oxygens (including phenoxy) is 2. The lowest BCUT2D eigenvalue weighted by Gasteiger charge is -2.16. The number of hydrogen-bond acceptors (Lipinski definition) is 9. The highest BCUT2D eigenvalue weighted by Crippen LogP contribution is 2.16. The minimum absolute atomic E-state index is 0.00829. The van der Waals surface area contributed by atoms with Gasteiger partial charge in [0.25, 0.3) is 10.1 Å². The summed E-state index contributed by atoms with van der Waals surface area (Å²) in [5, 5.41) is 15.6. The average molecular weight is 507 g/mol. The summed E-state index contributed by atoms with van der Waals surface area (Å²) < 4.78 is 39.4. The number of nitrogens with one attached hydrogen (secondary N) is 1. The minimum atomic E-state index is -4.00. The van der Waals surface area contributed by atoms with Crippen LogP contribution in [0.5, 0.6) is 5.75 Å². The largest absolute Gasteiger partial charge is 0.491 e. The Morgan fingerprint density at radius 1 is 1.11 bits per heavy atom. The third kappa shape index (κ3) is 9.26. The lowest BCUT2D eigenvalue weighted by Crippen LogP contribution is -2.43. The van der Waals surface area contributed by atoms with Gasteiger partial charge in [-0.05, 0) is 42.3 Å². The maximum Gasteiger partial charge on any atom is 0.328 e. The summed E-state index contributed by atoms with van der Waals surface area (Å²) in [5.41, 5.74) is 9.86. The number of carbonyl (C=O) groups excluding carboxylic acids is 2. The average Bonchev–Trinajstić information content (AvgIpc) is 2.85. The van der Waals surface area contributed by atoms with Gasteiger partial charge in [-0.25, -0.2) is 4.79 Å². The number of carbonyl (C=O) groups is 2. The number of amides is 1. The smallest absolute Gasteiger partial charge is 0.328 e. The Bertz CT molecular complexity index is 1150. The lowest BCUT2D eigenvalue weighted by atomic mass is 10.1. The van der Waals surface area contributed by atoms with Gasteiger partial charge in [0, 0.05) is 11.3 Å². The normalized spacial score (nSPS) is 12.7. The molecule has 0 aliphatic rings. The summed E-state index contributed by atoms with van der Waals surface area (Å²) in [7, 11) is -2.81. The molecule has 0 radical (unpaired) electrons. The van der Waals surface area contributed by atoms with Gasteiger partial charge >= 0.3 is 5.97 Å². The van der Waals surface area contributed by atoms with Gasteiger partial charge in [0.15, 0.2) is 0 Å². The fourth-order valence-electron chi connectivity index (χ4n) is 2.81. The third-order valence-corrected chi connectivity index (χ3v) is 5.93. The number of methoxy groups -OCH3 is 1. The molecule has 1 amide bonds. The molecule has 12 nitrogen and oxygen atoms in total. The van der Waals surface area contributed by atoms with Gasteiger partial charge in [-0.1, -0.05) is 34.9 Å². The number of rotatable bonds is 13. The Balaban J connectivity index is 1.87. The van der Waals surface area contributed by atoms with Crippen LogP contribution in [-0.2, 0) is 35.0 Å². The number of esters is 1. The van der Waals surface area contributed by atoms with Crippen molar-refractivity contribution in [3.8, 4) is 5.75 Å². The molecule has 2 aromatic rings. The van der Waals surface area contributed by atoms with E-state index in [-0.39, 0.29) is 17.9 Å². The van der Waals surface area contributed by atoms with E-state index in [1.807, 2.05) is 6.92 Å². The molecule has 0 saturated carbocycles. The Hall–Kier alpha value is -3.64. The van der Waals surface area contributed by atoms with Gasteiger partial charge in [0.2, 0.25) is 5.91 Å². The van der Waals surface area contributed by atoms with E-state index in [4.69, 9.17) is 19.2 Å². The number of benzene rings is 2. The fourth-order valence-corrected chi connectivity index (χ4v) is 3.75. The van der Waals surface area contributed by atoms with Crippen molar-refractivity contribution in [3.05, 3.63) is 70.1 Å². The van der Waals surface area contributed by atoms with E-state index in [1.54, 1.807) is 36.4 Å². The molecule has 0 unspecified atom stereocenters. The van der Waals surface area contributed by atoms with Crippen LogP contribution in [0.3, 0.4) is 0 Å². The van der Waals surface area contributed by atoms with Crippen molar-refractivity contribution in [1.29, 1.82) is 0 Å². The zero-order valence-corrected chi connectivity index (χ0v) is 20.0. The van der Waals surface area contributed by atoms with Crippen LogP contribution in [0.15, 0.2) is 58.5 Å². The summed E-state index contributed by atoms with van der Waals surface area (Å²) in [5.74, 6) is -0.904. The van der Waals surface area contributed by atoms with E-state index >= 15 is 0 Å². The first-order chi connectivity index (χ1) is 16.6. The number of aryl methyl sites for hydroxylation is 1. The number of aliphatic hydroxyl groups excluding tert-OH is 1. The van der Waals surface area contributed by atoms with Crippen LogP contribution in [0.4, 0.5) is 0 Å². The van der Waals surface area contributed by atoms with Crippen LogP contribution in [0, 0.1) is 6.92 Å². The number of nitrogens with zero attached hydrogens (tertiary/aromatic N) is 3. The second kappa shape index (κ2) is 13.3. The van der Waals surface area contributed by atoms with Crippen molar-refractivity contribution >= 4 is 22.0 Å². The number of azide groups is 1. The molecule has 0 heterocycles. The first-order valence-electron chi connectivity index (χ1n) is 10.4. The molecule has 0 aliphatic carbocycles. The predicted molar refractivity (Wildman–Crippen MR) is 124 cm³/mol. The molecule has 2 atom stereocenters. The summed E-state index contributed by atoms with van der Waals surface area (Å²) in [6.07, 6.45) is -1.09. The first-order valence-corrected chi connectivity index (χ1v) is 11.8. The van der Waals surface area contributed by atoms with Crippen LogP contribution in [0.1, 0.15) is 11.1 Å². The minimum Gasteiger partial charge on any atom is -0.491 e. The van der Waals surface area contributed by atoms with Gasteiger partial charge in [0.1, 0.15) is 31.0 Å². The molecule has 0 spiro atoms.